The van der Waals surface area contributed by atoms with Gasteiger partial charge in [0.2, 0.25) is 0 Å². The third-order valence-electron chi connectivity index (χ3n) is 2.41. The molecule has 17 heavy (non-hydrogen) atoms. The van der Waals surface area contributed by atoms with Crippen LogP contribution in [0.4, 0.5) is 0 Å². The first-order valence-corrected chi connectivity index (χ1v) is 6.27. The van der Waals surface area contributed by atoms with Crippen molar-refractivity contribution in [2.24, 2.45) is 0 Å². The average Bonchev–Trinajstić information content (AvgIpc) is 2.35. The molecule has 4 nitrogen and oxygen atoms in total. The van der Waals surface area contributed by atoms with E-state index in [0.29, 0.717) is 23.8 Å². The number of benzene rings is 1. The fourth-order valence-electron chi connectivity index (χ4n) is 1.56. The molecule has 1 atom stereocenters. The second-order valence-corrected chi connectivity index (χ2v) is 4.40. The first kappa shape index (κ1) is 13.9. The molecular formula is C12H13BrO4. The summed E-state index contributed by atoms with van der Waals surface area (Å²) in [5, 5.41) is 19.2. The van der Waals surface area contributed by atoms with E-state index in [9.17, 15) is 14.7 Å². The number of carboxylic acid groups (broad SMARTS) is 1. The average molecular weight is 301 g/mol. The normalized spacial score (nSPS) is 12.1. The van der Waals surface area contributed by atoms with Crippen LogP contribution in [0, 0.1) is 0 Å². The molecule has 5 heteroatoms. The molecule has 0 aliphatic carbocycles. The molecule has 0 saturated heterocycles. The van der Waals surface area contributed by atoms with Crippen LogP contribution < -0.4 is 0 Å². The van der Waals surface area contributed by atoms with Gasteiger partial charge in [-0.15, -0.1) is 0 Å². The lowest BCUT2D eigenvalue weighted by Gasteiger charge is -2.12. The Kier molecular flexibility index (Phi) is 5.31. The largest absolute Gasteiger partial charge is 0.479 e. The summed E-state index contributed by atoms with van der Waals surface area (Å²) in [6, 6.07) is 4.73. The molecule has 0 amide bonds. The van der Waals surface area contributed by atoms with Crippen LogP contribution in [0.1, 0.15) is 34.0 Å². The highest BCUT2D eigenvalue weighted by Gasteiger charge is 2.19. The topological polar surface area (TPSA) is 74.6 Å². The number of rotatable bonds is 6. The quantitative estimate of drug-likeness (QED) is 0.622. The Morgan fingerprint density at radius 2 is 2.18 bits per heavy atom. The van der Waals surface area contributed by atoms with Crippen LogP contribution in [0.5, 0.6) is 0 Å². The zero-order chi connectivity index (χ0) is 12.8. The number of halogens is 1. The minimum absolute atomic E-state index is 0.294. The molecule has 1 aromatic rings. The molecule has 0 saturated carbocycles. The maximum Gasteiger partial charge on any atom is 0.337 e. The highest BCUT2D eigenvalue weighted by atomic mass is 79.9. The van der Waals surface area contributed by atoms with Gasteiger partial charge in [0.05, 0.1) is 0 Å². The number of aryl methyl sites for hydroxylation is 1. The number of hydrogen-bond donors (Lipinski definition) is 2. The summed E-state index contributed by atoms with van der Waals surface area (Å²) >= 11 is 3.29. The Bertz CT molecular complexity index is 417. The molecule has 1 rings (SSSR count). The minimum Gasteiger partial charge on any atom is -0.479 e. The SMILES string of the molecule is O=Cc1ccc(CCCBr)c(C(O)C(=O)O)c1. The van der Waals surface area contributed by atoms with Crippen molar-refractivity contribution in [2.75, 3.05) is 5.33 Å². The zero-order valence-electron chi connectivity index (χ0n) is 9.10. The minimum atomic E-state index is -1.58. The van der Waals surface area contributed by atoms with Gasteiger partial charge in [-0.05, 0) is 30.0 Å². The number of carbonyl (C=O) groups excluding carboxylic acids is 1. The van der Waals surface area contributed by atoms with Crippen molar-refractivity contribution < 1.29 is 19.8 Å². The van der Waals surface area contributed by atoms with Crippen molar-refractivity contribution in [3.63, 3.8) is 0 Å². The number of carbonyl (C=O) groups is 2. The molecule has 0 spiro atoms. The van der Waals surface area contributed by atoms with Crippen LogP contribution in [0.15, 0.2) is 18.2 Å². The first-order chi connectivity index (χ1) is 8.10. The first-order valence-electron chi connectivity index (χ1n) is 5.15. The molecule has 92 valence electrons. The van der Waals surface area contributed by atoms with Crippen molar-refractivity contribution in [1.29, 1.82) is 0 Å². The molecule has 0 bridgehead atoms. The molecular weight excluding hydrogens is 288 g/mol. The molecule has 0 fully saturated rings. The van der Waals surface area contributed by atoms with Gasteiger partial charge in [-0.1, -0.05) is 28.1 Å². The summed E-state index contributed by atoms with van der Waals surface area (Å²) in [5.41, 5.74) is 1.41. The van der Waals surface area contributed by atoms with Crippen LogP contribution in [0.3, 0.4) is 0 Å². The zero-order valence-corrected chi connectivity index (χ0v) is 10.7. The summed E-state index contributed by atoms with van der Waals surface area (Å²) < 4.78 is 0. The summed E-state index contributed by atoms with van der Waals surface area (Å²) in [7, 11) is 0. The summed E-state index contributed by atoms with van der Waals surface area (Å²) in [5.74, 6) is -1.31. The fraction of sp³-hybridized carbons (Fsp3) is 0.333. The number of aliphatic hydroxyl groups is 1. The number of hydrogen-bond acceptors (Lipinski definition) is 3. The van der Waals surface area contributed by atoms with Gasteiger partial charge in [-0.2, -0.15) is 0 Å². The van der Waals surface area contributed by atoms with Gasteiger partial charge in [0.15, 0.2) is 6.10 Å². The standard InChI is InChI=1S/C12H13BrO4/c13-5-1-2-9-4-3-8(7-14)6-10(9)11(15)12(16)17/h3-4,6-7,11,15H,1-2,5H2,(H,16,17). The molecule has 0 heterocycles. The third kappa shape index (κ3) is 3.64. The van der Waals surface area contributed by atoms with Crippen molar-refractivity contribution in [3.8, 4) is 0 Å². The van der Waals surface area contributed by atoms with Gasteiger partial charge in [0.25, 0.3) is 0 Å². The van der Waals surface area contributed by atoms with E-state index >= 15 is 0 Å². The van der Waals surface area contributed by atoms with E-state index in [4.69, 9.17) is 5.11 Å². The molecule has 0 aliphatic heterocycles. The molecule has 2 N–H and O–H groups in total. The second-order valence-electron chi connectivity index (χ2n) is 3.61. The van der Waals surface area contributed by atoms with Crippen LogP contribution in [0.2, 0.25) is 0 Å². The molecule has 0 aliphatic rings. The Balaban J connectivity index is 3.10. The van der Waals surface area contributed by atoms with E-state index in [1.165, 1.54) is 6.07 Å². The summed E-state index contributed by atoms with van der Waals surface area (Å²) in [4.78, 5) is 21.4. The van der Waals surface area contributed by atoms with Crippen molar-refractivity contribution in [3.05, 3.63) is 34.9 Å². The van der Waals surface area contributed by atoms with Gasteiger partial charge >= 0.3 is 5.97 Å². The maximum absolute atomic E-state index is 10.8. The van der Waals surface area contributed by atoms with Gasteiger partial charge in [-0.25, -0.2) is 4.79 Å². The summed E-state index contributed by atoms with van der Waals surface area (Å²) in [6.45, 7) is 0. The van der Waals surface area contributed by atoms with Crippen LogP contribution in [-0.4, -0.2) is 27.8 Å². The van der Waals surface area contributed by atoms with E-state index < -0.39 is 12.1 Å². The third-order valence-corrected chi connectivity index (χ3v) is 2.97. The van der Waals surface area contributed by atoms with Gasteiger partial charge in [0, 0.05) is 10.9 Å². The Morgan fingerprint density at radius 3 is 2.71 bits per heavy atom. The van der Waals surface area contributed by atoms with Crippen molar-refractivity contribution in [2.45, 2.75) is 18.9 Å². The number of aliphatic carboxylic acids is 1. The predicted octanol–water partition coefficient (Wildman–Crippen LogP) is 1.94. The van der Waals surface area contributed by atoms with E-state index in [1.54, 1.807) is 12.1 Å². The van der Waals surface area contributed by atoms with Crippen molar-refractivity contribution in [1.82, 2.24) is 0 Å². The molecule has 1 unspecified atom stereocenters. The molecule has 0 radical (unpaired) electrons. The summed E-state index contributed by atoms with van der Waals surface area (Å²) in [6.07, 6.45) is 0.538. The molecule has 0 aromatic heterocycles. The van der Waals surface area contributed by atoms with E-state index in [1.807, 2.05) is 0 Å². The highest BCUT2D eigenvalue weighted by molar-refractivity contribution is 9.09. The van der Waals surface area contributed by atoms with Crippen LogP contribution in [0.25, 0.3) is 0 Å². The lowest BCUT2D eigenvalue weighted by molar-refractivity contribution is -0.147. The number of aliphatic hydroxyl groups excluding tert-OH is 1. The Hall–Kier alpha value is -1.20. The number of carboxylic acids is 1. The van der Waals surface area contributed by atoms with E-state index in [-0.39, 0.29) is 0 Å². The van der Waals surface area contributed by atoms with Gasteiger partial charge < -0.3 is 10.2 Å². The molecule has 1 aromatic carbocycles. The van der Waals surface area contributed by atoms with E-state index in [2.05, 4.69) is 15.9 Å². The second kappa shape index (κ2) is 6.51. The Morgan fingerprint density at radius 1 is 1.47 bits per heavy atom. The van der Waals surface area contributed by atoms with Gasteiger partial charge in [-0.3, -0.25) is 4.79 Å². The Labute approximate surface area is 107 Å². The fourth-order valence-corrected chi connectivity index (χ4v) is 1.84. The number of aldehydes is 1. The van der Waals surface area contributed by atoms with Crippen molar-refractivity contribution >= 4 is 28.2 Å². The van der Waals surface area contributed by atoms with Gasteiger partial charge in [0.1, 0.15) is 6.29 Å². The smallest absolute Gasteiger partial charge is 0.337 e. The maximum atomic E-state index is 10.8. The highest BCUT2D eigenvalue weighted by Crippen LogP contribution is 2.21. The van der Waals surface area contributed by atoms with Crippen LogP contribution >= 0.6 is 15.9 Å². The lowest BCUT2D eigenvalue weighted by atomic mass is 9.97. The van der Waals surface area contributed by atoms with Crippen LogP contribution in [-0.2, 0) is 11.2 Å². The predicted molar refractivity (Wildman–Crippen MR) is 66.5 cm³/mol. The van der Waals surface area contributed by atoms with E-state index in [0.717, 1.165) is 17.3 Å². The lowest BCUT2D eigenvalue weighted by Crippen LogP contribution is -2.13. The number of alkyl halides is 1. The monoisotopic (exact) mass is 300 g/mol.